The minimum Gasteiger partial charge on any atom is -0.492 e. The Labute approximate surface area is 147 Å². The van der Waals surface area contributed by atoms with Crippen molar-refractivity contribution in [1.29, 1.82) is 0 Å². The second kappa shape index (κ2) is 7.57. The van der Waals surface area contributed by atoms with E-state index in [9.17, 15) is 0 Å². The Morgan fingerprint density at radius 1 is 0.960 bits per heavy atom. The molecular weight excluding hydrogens is 316 g/mol. The van der Waals surface area contributed by atoms with Crippen molar-refractivity contribution in [2.24, 2.45) is 0 Å². The molecule has 0 saturated carbocycles. The molecule has 1 aromatic heterocycles. The molecule has 3 aromatic rings. The first-order valence-electron chi connectivity index (χ1n) is 8.67. The summed E-state index contributed by atoms with van der Waals surface area (Å²) in [4.78, 5) is 6.74. The van der Waals surface area contributed by atoms with E-state index < -0.39 is 0 Å². The zero-order valence-corrected chi connectivity index (χ0v) is 14.1. The van der Waals surface area contributed by atoms with Crippen LogP contribution in [0.2, 0.25) is 0 Å². The fraction of sp³-hybridized carbons (Fsp3) is 0.300. The second-order valence-electron chi connectivity index (χ2n) is 6.08. The lowest BCUT2D eigenvalue weighted by Gasteiger charge is -2.25. The van der Waals surface area contributed by atoms with Crippen LogP contribution < -0.4 is 9.47 Å². The summed E-state index contributed by atoms with van der Waals surface area (Å²) in [5.41, 5.74) is 1.50. The highest BCUT2D eigenvalue weighted by Gasteiger charge is 2.10. The average molecular weight is 337 g/mol. The third-order valence-corrected chi connectivity index (χ3v) is 4.28. The second-order valence-corrected chi connectivity index (χ2v) is 6.08. The normalized spacial score (nSPS) is 15.4. The number of hydrogen-bond acceptors (Lipinski definition) is 5. The summed E-state index contributed by atoms with van der Waals surface area (Å²) in [6.07, 6.45) is 4.97. The molecule has 0 aliphatic carbocycles. The molecular formula is C20H21N2O3. The third-order valence-electron chi connectivity index (χ3n) is 4.28. The summed E-state index contributed by atoms with van der Waals surface area (Å²) in [5, 5.41) is 0. The number of likely N-dealkylation sites (tertiary alicyclic amines) is 1. The lowest BCUT2D eigenvalue weighted by atomic mass is 10.1. The first kappa shape index (κ1) is 16.0. The van der Waals surface area contributed by atoms with Crippen LogP contribution in [-0.4, -0.2) is 36.1 Å². The molecule has 5 heteroatoms. The summed E-state index contributed by atoms with van der Waals surface area (Å²) in [5.74, 6) is 1.51. The third kappa shape index (κ3) is 4.12. The molecule has 0 amide bonds. The van der Waals surface area contributed by atoms with Gasteiger partial charge in [-0.05, 0) is 68.8 Å². The number of nitrogens with zero attached hydrogens (tertiary/aromatic N) is 2. The first-order chi connectivity index (χ1) is 12.4. The summed E-state index contributed by atoms with van der Waals surface area (Å²) in [7, 11) is 0. The summed E-state index contributed by atoms with van der Waals surface area (Å²) in [6.45, 7) is 3.95. The lowest BCUT2D eigenvalue weighted by molar-refractivity contribution is 0.198. The maximum Gasteiger partial charge on any atom is 0.400 e. The van der Waals surface area contributed by atoms with Crippen LogP contribution >= 0.6 is 0 Å². The van der Waals surface area contributed by atoms with Crippen molar-refractivity contribution < 1.29 is 13.9 Å². The van der Waals surface area contributed by atoms with Crippen molar-refractivity contribution in [3.63, 3.8) is 0 Å². The van der Waals surface area contributed by atoms with Gasteiger partial charge < -0.3 is 13.9 Å². The van der Waals surface area contributed by atoms with Crippen molar-refractivity contribution in [3.8, 4) is 17.6 Å². The van der Waals surface area contributed by atoms with Crippen LogP contribution in [0.1, 0.15) is 12.8 Å². The topological polar surface area (TPSA) is 47.7 Å². The maximum absolute atomic E-state index is 5.82. The molecule has 1 saturated heterocycles. The molecule has 1 aliphatic heterocycles. The molecule has 5 nitrogen and oxygen atoms in total. The Bertz CT molecular complexity index is 774. The quantitative estimate of drug-likeness (QED) is 0.671. The molecule has 0 unspecified atom stereocenters. The van der Waals surface area contributed by atoms with Gasteiger partial charge in [-0.25, -0.2) is 0 Å². The number of piperidine rings is 1. The fourth-order valence-electron chi connectivity index (χ4n) is 2.92. The Morgan fingerprint density at radius 3 is 2.52 bits per heavy atom. The molecule has 4 rings (SSSR count). The lowest BCUT2D eigenvalue weighted by Crippen LogP contribution is -2.33. The Morgan fingerprint density at radius 2 is 1.72 bits per heavy atom. The number of benzene rings is 2. The predicted octanol–water partition coefficient (Wildman–Crippen LogP) is 4.30. The average Bonchev–Trinajstić information content (AvgIpc) is 3.06. The summed E-state index contributed by atoms with van der Waals surface area (Å²) in [6, 6.07) is 15.1. The Hall–Kier alpha value is -2.53. The zero-order valence-electron chi connectivity index (χ0n) is 14.1. The van der Waals surface area contributed by atoms with Crippen molar-refractivity contribution in [2.45, 2.75) is 12.8 Å². The van der Waals surface area contributed by atoms with Crippen LogP contribution in [0.15, 0.2) is 52.9 Å². The smallest absolute Gasteiger partial charge is 0.400 e. The molecule has 0 spiro atoms. The minimum absolute atomic E-state index is 0.247. The minimum atomic E-state index is 0.247. The highest BCUT2D eigenvalue weighted by molar-refractivity contribution is 5.72. The van der Waals surface area contributed by atoms with Crippen LogP contribution in [0.25, 0.3) is 11.1 Å². The van der Waals surface area contributed by atoms with Gasteiger partial charge in [0.25, 0.3) is 0 Å². The van der Waals surface area contributed by atoms with Crippen LogP contribution in [0.5, 0.6) is 17.6 Å². The zero-order chi connectivity index (χ0) is 16.9. The van der Waals surface area contributed by atoms with Crippen LogP contribution in [0.4, 0.5) is 0 Å². The standard InChI is InChI=1S/C20H21N2O3/c1-4-12-22(13-5-1)14-15-23-16-8-10-17(11-9-16)24-20-21-18-6-2-3-7-19(18)25-20/h1-3,6-11H,4-5,12-15H2. The number of rotatable bonds is 6. The summed E-state index contributed by atoms with van der Waals surface area (Å²) >= 11 is 0. The van der Waals surface area contributed by atoms with Crippen molar-refractivity contribution in [2.75, 3.05) is 26.2 Å². The van der Waals surface area contributed by atoms with Gasteiger partial charge in [0.15, 0.2) is 5.58 Å². The maximum atomic E-state index is 5.82. The van der Waals surface area contributed by atoms with Gasteiger partial charge in [0.1, 0.15) is 23.6 Å². The van der Waals surface area contributed by atoms with E-state index in [1.54, 1.807) is 0 Å². The number of ether oxygens (including phenoxy) is 2. The van der Waals surface area contributed by atoms with E-state index in [-0.39, 0.29) is 6.08 Å². The first-order valence-corrected chi connectivity index (χ1v) is 8.67. The van der Waals surface area contributed by atoms with Gasteiger partial charge in [-0.1, -0.05) is 12.1 Å². The van der Waals surface area contributed by atoms with Gasteiger partial charge in [0.05, 0.1) is 0 Å². The molecule has 2 aromatic carbocycles. The van der Waals surface area contributed by atoms with Gasteiger partial charge in [-0.2, -0.15) is 4.98 Å². The Balaban J connectivity index is 1.30. The van der Waals surface area contributed by atoms with Gasteiger partial charge in [-0.3, -0.25) is 4.90 Å². The molecule has 25 heavy (non-hydrogen) atoms. The highest BCUT2D eigenvalue weighted by atomic mass is 16.6. The molecule has 1 radical (unpaired) electrons. The van der Waals surface area contributed by atoms with Crippen molar-refractivity contribution >= 4 is 11.1 Å². The van der Waals surface area contributed by atoms with Gasteiger partial charge in [-0.15, -0.1) is 0 Å². The van der Waals surface area contributed by atoms with Crippen molar-refractivity contribution in [1.82, 2.24) is 9.88 Å². The Kier molecular flexibility index (Phi) is 4.84. The van der Waals surface area contributed by atoms with E-state index in [0.717, 1.165) is 30.9 Å². The van der Waals surface area contributed by atoms with E-state index in [4.69, 9.17) is 13.9 Å². The van der Waals surface area contributed by atoms with Crippen LogP contribution in [0.3, 0.4) is 0 Å². The highest BCUT2D eigenvalue weighted by Crippen LogP contribution is 2.26. The predicted molar refractivity (Wildman–Crippen MR) is 96.0 cm³/mol. The van der Waals surface area contributed by atoms with Gasteiger partial charge in [0.2, 0.25) is 0 Å². The largest absolute Gasteiger partial charge is 0.492 e. The van der Waals surface area contributed by atoms with Crippen LogP contribution in [-0.2, 0) is 0 Å². The van der Waals surface area contributed by atoms with Gasteiger partial charge in [0, 0.05) is 6.54 Å². The monoisotopic (exact) mass is 337 g/mol. The van der Waals surface area contributed by atoms with E-state index >= 15 is 0 Å². The molecule has 1 aliphatic rings. The molecule has 129 valence electrons. The number of fused-ring (bicyclic) bond motifs is 1. The molecule has 2 heterocycles. The summed E-state index contributed by atoms with van der Waals surface area (Å²) < 4.78 is 17.1. The van der Waals surface area contributed by atoms with E-state index in [1.807, 2.05) is 48.5 Å². The number of para-hydroxylation sites is 2. The molecule has 1 fully saturated rings. The fourth-order valence-corrected chi connectivity index (χ4v) is 2.92. The number of oxazole rings is 1. The van der Waals surface area contributed by atoms with E-state index in [2.05, 4.69) is 16.3 Å². The SMILES string of the molecule is [CH]1CCN(CCOc2ccc(Oc3nc4ccccc4o3)cc2)CC1. The molecule has 0 atom stereocenters. The van der Waals surface area contributed by atoms with Gasteiger partial charge >= 0.3 is 6.08 Å². The van der Waals surface area contributed by atoms with E-state index in [1.165, 1.54) is 12.8 Å². The molecule has 0 N–H and O–H groups in total. The number of hydrogen-bond donors (Lipinski definition) is 0. The van der Waals surface area contributed by atoms with Crippen LogP contribution in [0, 0.1) is 6.42 Å². The molecule has 0 bridgehead atoms. The van der Waals surface area contributed by atoms with E-state index in [0.29, 0.717) is 17.9 Å². The number of aromatic nitrogens is 1. The van der Waals surface area contributed by atoms with Crippen molar-refractivity contribution in [3.05, 3.63) is 55.0 Å².